The molecule has 2 aliphatic heterocycles. The van der Waals surface area contributed by atoms with Crippen molar-refractivity contribution in [3.05, 3.63) is 52.5 Å². The van der Waals surface area contributed by atoms with Crippen molar-refractivity contribution in [1.82, 2.24) is 4.90 Å². The van der Waals surface area contributed by atoms with Crippen LogP contribution in [0.5, 0.6) is 17.2 Å². The predicted molar refractivity (Wildman–Crippen MR) is 104 cm³/mol. The molecule has 1 N–H and O–H groups in total. The maximum atomic E-state index is 11.6. The van der Waals surface area contributed by atoms with Gasteiger partial charge in [-0.1, -0.05) is 17.7 Å². The minimum absolute atomic E-state index is 0.203. The van der Waals surface area contributed by atoms with E-state index in [9.17, 15) is 9.90 Å². The number of hydrogen-bond acceptors (Lipinski definition) is 5. The van der Waals surface area contributed by atoms with Crippen molar-refractivity contribution in [2.75, 3.05) is 27.0 Å². The Morgan fingerprint density at radius 1 is 1.25 bits per heavy atom. The molecule has 0 bridgehead atoms. The molecule has 1 fully saturated rings. The van der Waals surface area contributed by atoms with E-state index in [1.807, 2.05) is 30.3 Å². The summed E-state index contributed by atoms with van der Waals surface area (Å²) in [6, 6.07) is 11.2. The number of ether oxygens (including phenoxy) is 3. The van der Waals surface area contributed by atoms with Crippen LogP contribution in [-0.4, -0.2) is 43.0 Å². The minimum Gasteiger partial charge on any atom is -0.496 e. The Morgan fingerprint density at radius 3 is 2.86 bits per heavy atom. The highest BCUT2D eigenvalue weighted by Gasteiger charge is 2.33. The first-order chi connectivity index (χ1) is 13.6. The molecule has 2 atom stereocenters. The Labute approximate surface area is 168 Å². The van der Waals surface area contributed by atoms with Gasteiger partial charge in [0.05, 0.1) is 19.1 Å². The lowest BCUT2D eigenvalue weighted by atomic mass is 9.91. The Morgan fingerprint density at radius 2 is 2.07 bits per heavy atom. The van der Waals surface area contributed by atoms with Crippen LogP contribution in [-0.2, 0) is 4.79 Å². The third kappa shape index (κ3) is 3.62. The van der Waals surface area contributed by atoms with E-state index >= 15 is 0 Å². The van der Waals surface area contributed by atoms with E-state index in [-0.39, 0.29) is 12.8 Å². The van der Waals surface area contributed by atoms with Crippen molar-refractivity contribution in [2.45, 2.75) is 18.9 Å². The highest BCUT2D eigenvalue weighted by Crippen LogP contribution is 2.42. The zero-order valence-corrected chi connectivity index (χ0v) is 16.3. The van der Waals surface area contributed by atoms with Crippen molar-refractivity contribution in [3.63, 3.8) is 0 Å². The molecule has 0 radical (unpaired) electrons. The van der Waals surface area contributed by atoms with Crippen molar-refractivity contribution in [2.24, 2.45) is 5.92 Å². The number of carboxylic acids is 1. The van der Waals surface area contributed by atoms with E-state index < -0.39 is 11.9 Å². The monoisotopic (exact) mass is 403 g/mol. The molecule has 0 aromatic heterocycles. The number of methoxy groups -OCH3 is 1. The zero-order chi connectivity index (χ0) is 19.7. The summed E-state index contributed by atoms with van der Waals surface area (Å²) in [5.41, 5.74) is 1.88. The number of carboxylic acid groups (broad SMARTS) is 1. The molecule has 0 amide bonds. The number of aliphatic carboxylic acids is 1. The standard InChI is InChI=1S/C21H22ClNO5/c1-26-17-7-5-15(22)10-16(17)20(23-8-2-3-14(11-23)21(24)25)13-4-6-18-19(9-13)28-12-27-18/h4-7,9-10,14,20H,2-3,8,11-12H2,1H3,(H,24,25). The van der Waals surface area contributed by atoms with Crippen molar-refractivity contribution in [3.8, 4) is 17.2 Å². The third-order valence-corrected chi connectivity index (χ3v) is 5.60. The molecule has 2 heterocycles. The molecule has 2 aromatic carbocycles. The van der Waals surface area contributed by atoms with Gasteiger partial charge in [-0.3, -0.25) is 9.69 Å². The quantitative estimate of drug-likeness (QED) is 0.814. The van der Waals surface area contributed by atoms with Gasteiger partial charge in [0.1, 0.15) is 5.75 Å². The lowest BCUT2D eigenvalue weighted by molar-refractivity contribution is -0.143. The Balaban J connectivity index is 1.79. The average Bonchev–Trinajstić information content (AvgIpc) is 3.17. The average molecular weight is 404 g/mol. The van der Waals surface area contributed by atoms with Crippen LogP contribution in [0.25, 0.3) is 0 Å². The van der Waals surface area contributed by atoms with Crippen LogP contribution in [0.1, 0.15) is 30.0 Å². The van der Waals surface area contributed by atoms with E-state index in [4.69, 9.17) is 25.8 Å². The summed E-state index contributed by atoms with van der Waals surface area (Å²) in [5.74, 6) is 0.963. The fourth-order valence-corrected chi connectivity index (χ4v) is 4.21. The molecular weight excluding hydrogens is 382 g/mol. The molecule has 0 aliphatic carbocycles. The van der Waals surface area contributed by atoms with Gasteiger partial charge in [0.25, 0.3) is 0 Å². The predicted octanol–water partition coefficient (Wildman–Crippen LogP) is 3.96. The molecule has 7 heteroatoms. The van der Waals surface area contributed by atoms with Gasteiger partial charge in [-0.2, -0.15) is 0 Å². The molecule has 6 nitrogen and oxygen atoms in total. The SMILES string of the molecule is COc1ccc(Cl)cc1C(c1ccc2c(c1)OCO2)N1CCCC(C(=O)O)C1. The number of piperidine rings is 1. The van der Waals surface area contributed by atoms with Gasteiger partial charge in [0, 0.05) is 17.1 Å². The Bertz CT molecular complexity index is 887. The van der Waals surface area contributed by atoms with Crippen LogP contribution < -0.4 is 14.2 Å². The smallest absolute Gasteiger partial charge is 0.307 e. The van der Waals surface area contributed by atoms with Crippen molar-refractivity contribution >= 4 is 17.6 Å². The molecule has 2 aliphatic rings. The van der Waals surface area contributed by atoms with Gasteiger partial charge >= 0.3 is 5.97 Å². The summed E-state index contributed by atoms with van der Waals surface area (Å²) in [5, 5.41) is 10.1. The summed E-state index contributed by atoms with van der Waals surface area (Å²) in [7, 11) is 1.62. The van der Waals surface area contributed by atoms with Gasteiger partial charge in [-0.25, -0.2) is 0 Å². The zero-order valence-electron chi connectivity index (χ0n) is 15.6. The van der Waals surface area contributed by atoms with E-state index in [1.165, 1.54) is 0 Å². The lowest BCUT2D eigenvalue weighted by Crippen LogP contribution is -2.41. The second-order valence-electron chi connectivity index (χ2n) is 7.07. The first kappa shape index (κ1) is 18.9. The first-order valence-corrected chi connectivity index (χ1v) is 9.64. The van der Waals surface area contributed by atoms with Crippen LogP contribution >= 0.6 is 11.6 Å². The van der Waals surface area contributed by atoms with E-state index in [1.54, 1.807) is 13.2 Å². The summed E-state index contributed by atoms with van der Waals surface area (Å²) in [6.45, 7) is 1.46. The van der Waals surface area contributed by atoms with Crippen LogP contribution in [0.4, 0.5) is 0 Å². The van der Waals surface area contributed by atoms with E-state index in [0.717, 1.165) is 24.1 Å². The number of hydrogen-bond donors (Lipinski definition) is 1. The van der Waals surface area contributed by atoms with Crippen LogP contribution in [0.2, 0.25) is 5.02 Å². The third-order valence-electron chi connectivity index (χ3n) is 5.37. The van der Waals surface area contributed by atoms with Crippen molar-refractivity contribution in [1.29, 1.82) is 0 Å². The molecule has 1 saturated heterocycles. The molecule has 2 aromatic rings. The number of halogens is 1. The molecule has 4 rings (SSSR count). The number of likely N-dealkylation sites (tertiary alicyclic amines) is 1. The normalized spacial score (nSPS) is 20.0. The summed E-state index contributed by atoms with van der Waals surface area (Å²) in [4.78, 5) is 13.8. The van der Waals surface area contributed by atoms with Crippen molar-refractivity contribution < 1.29 is 24.1 Å². The highest BCUT2D eigenvalue weighted by molar-refractivity contribution is 6.30. The maximum absolute atomic E-state index is 11.6. The molecule has 28 heavy (non-hydrogen) atoms. The summed E-state index contributed by atoms with van der Waals surface area (Å²) in [6.07, 6.45) is 1.51. The van der Waals surface area contributed by atoms with Gasteiger partial charge in [0.2, 0.25) is 6.79 Å². The molecular formula is C21H22ClNO5. The molecule has 148 valence electrons. The Kier molecular flexibility index (Phi) is 5.33. The lowest BCUT2D eigenvalue weighted by Gasteiger charge is -2.38. The molecule has 2 unspecified atom stereocenters. The van der Waals surface area contributed by atoms with Gasteiger partial charge < -0.3 is 19.3 Å². The van der Waals surface area contributed by atoms with E-state index in [2.05, 4.69) is 4.90 Å². The summed E-state index contributed by atoms with van der Waals surface area (Å²) >= 11 is 6.30. The Hall–Kier alpha value is -2.44. The van der Waals surface area contributed by atoms with Gasteiger partial charge in [-0.15, -0.1) is 0 Å². The van der Waals surface area contributed by atoms with Gasteiger partial charge in [-0.05, 0) is 55.3 Å². The van der Waals surface area contributed by atoms with E-state index in [0.29, 0.717) is 35.2 Å². The number of fused-ring (bicyclic) bond motifs is 1. The highest BCUT2D eigenvalue weighted by atomic mass is 35.5. The van der Waals surface area contributed by atoms with Gasteiger partial charge in [0.15, 0.2) is 11.5 Å². The summed E-state index contributed by atoms with van der Waals surface area (Å²) < 4.78 is 16.6. The number of carbonyl (C=O) groups is 1. The molecule has 0 saturated carbocycles. The molecule has 0 spiro atoms. The minimum atomic E-state index is -0.757. The fourth-order valence-electron chi connectivity index (χ4n) is 4.03. The fraction of sp³-hybridized carbons (Fsp3) is 0.381. The number of benzene rings is 2. The number of rotatable bonds is 5. The maximum Gasteiger partial charge on any atom is 0.307 e. The largest absolute Gasteiger partial charge is 0.496 e. The van der Waals surface area contributed by atoms with Crippen LogP contribution in [0.3, 0.4) is 0 Å². The topological polar surface area (TPSA) is 68.2 Å². The van der Waals surface area contributed by atoms with Crippen LogP contribution in [0, 0.1) is 5.92 Å². The first-order valence-electron chi connectivity index (χ1n) is 9.26. The second-order valence-corrected chi connectivity index (χ2v) is 7.51. The van der Waals surface area contributed by atoms with Crippen LogP contribution in [0.15, 0.2) is 36.4 Å². The number of nitrogens with zero attached hydrogens (tertiary/aromatic N) is 1. The second kappa shape index (κ2) is 7.89.